The summed E-state index contributed by atoms with van der Waals surface area (Å²) in [6.45, 7) is 0.555. The van der Waals surface area contributed by atoms with Crippen LogP contribution in [0.5, 0.6) is 0 Å². The summed E-state index contributed by atoms with van der Waals surface area (Å²) in [6.07, 6.45) is 2.74. The number of benzene rings is 2. The molecule has 10 nitrogen and oxygen atoms in total. The maximum atomic E-state index is 13.0. The molecule has 2 aromatic carbocycles. The fraction of sp³-hybridized carbons (Fsp3) is 0.269. The highest BCUT2D eigenvalue weighted by Crippen LogP contribution is 2.31. The van der Waals surface area contributed by atoms with Crippen molar-refractivity contribution < 1.29 is 19.5 Å². The number of aromatic nitrogens is 2. The molecule has 5 N–H and O–H groups in total. The molecular weight excluding hydrogens is 460 g/mol. The SMILES string of the molecule is Nc1ncc(-c2cccc(C(=O)N[C@H]3CCc4ccccc43)c2)nc1C(=O)N[C@H]1CCN(C(=O)O)C1. The van der Waals surface area contributed by atoms with Crippen molar-refractivity contribution in [1.82, 2.24) is 25.5 Å². The van der Waals surface area contributed by atoms with Crippen LogP contribution in [0.4, 0.5) is 10.6 Å². The maximum Gasteiger partial charge on any atom is 0.407 e. The molecule has 36 heavy (non-hydrogen) atoms. The molecule has 0 unspecified atom stereocenters. The van der Waals surface area contributed by atoms with Gasteiger partial charge in [-0.05, 0) is 42.5 Å². The number of nitrogens with two attached hydrogens (primary N) is 1. The molecule has 0 spiro atoms. The summed E-state index contributed by atoms with van der Waals surface area (Å²) in [5.41, 5.74) is 9.78. The first-order valence-electron chi connectivity index (χ1n) is 11.8. The molecule has 1 aliphatic carbocycles. The Morgan fingerprint density at radius 2 is 1.86 bits per heavy atom. The zero-order chi connectivity index (χ0) is 25.2. The summed E-state index contributed by atoms with van der Waals surface area (Å²) in [7, 11) is 0. The van der Waals surface area contributed by atoms with Crippen molar-refractivity contribution in [1.29, 1.82) is 0 Å². The van der Waals surface area contributed by atoms with Gasteiger partial charge in [0.25, 0.3) is 11.8 Å². The zero-order valence-electron chi connectivity index (χ0n) is 19.5. The third-order valence-corrected chi connectivity index (χ3v) is 6.67. The molecule has 2 aliphatic rings. The number of carbonyl (C=O) groups excluding carboxylic acids is 2. The van der Waals surface area contributed by atoms with Crippen LogP contribution in [0.15, 0.2) is 54.7 Å². The minimum Gasteiger partial charge on any atom is -0.465 e. The van der Waals surface area contributed by atoms with Crippen LogP contribution in [0.25, 0.3) is 11.3 Å². The molecular formula is C26H26N6O4. The summed E-state index contributed by atoms with van der Waals surface area (Å²) < 4.78 is 0. The van der Waals surface area contributed by atoms with Gasteiger partial charge in [-0.3, -0.25) is 9.59 Å². The highest BCUT2D eigenvalue weighted by atomic mass is 16.4. The lowest BCUT2D eigenvalue weighted by molar-refractivity contribution is 0.0925. The number of hydrogen-bond donors (Lipinski definition) is 4. The predicted molar refractivity (Wildman–Crippen MR) is 132 cm³/mol. The van der Waals surface area contributed by atoms with Gasteiger partial charge in [-0.1, -0.05) is 36.4 Å². The van der Waals surface area contributed by atoms with Gasteiger partial charge in [-0.25, -0.2) is 14.8 Å². The standard InChI is InChI=1S/C26H26N6O4/c27-23-22(25(34)29-18-10-11-32(14-18)26(35)36)30-21(13-28-23)16-5-3-6-17(12-16)24(33)31-20-9-8-15-4-1-2-7-19(15)20/h1-7,12-13,18,20H,8-11,14H2,(H2,27,28)(H,29,34)(H,31,33)(H,35,36)/t18-,20-/m0/s1. The summed E-state index contributed by atoms with van der Waals surface area (Å²) in [5, 5.41) is 15.0. The lowest BCUT2D eigenvalue weighted by Crippen LogP contribution is -2.38. The molecule has 2 atom stereocenters. The molecule has 10 heteroatoms. The minimum atomic E-state index is -1.02. The molecule has 1 saturated heterocycles. The second-order valence-corrected chi connectivity index (χ2v) is 9.02. The number of aryl methyl sites for hydroxylation is 1. The van der Waals surface area contributed by atoms with Crippen LogP contribution in [0, 0.1) is 0 Å². The van der Waals surface area contributed by atoms with Crippen LogP contribution in [-0.2, 0) is 6.42 Å². The molecule has 3 amide bonds. The zero-order valence-corrected chi connectivity index (χ0v) is 19.5. The van der Waals surface area contributed by atoms with Gasteiger partial charge in [0, 0.05) is 30.3 Å². The molecule has 1 aromatic heterocycles. The Bertz CT molecular complexity index is 1340. The van der Waals surface area contributed by atoms with Crippen molar-refractivity contribution in [3.05, 3.63) is 77.1 Å². The van der Waals surface area contributed by atoms with Gasteiger partial charge in [0.2, 0.25) is 0 Å². The minimum absolute atomic E-state index is 0.0295. The number of nitrogen functional groups attached to an aromatic ring is 1. The first kappa shape index (κ1) is 23.3. The lowest BCUT2D eigenvalue weighted by atomic mass is 10.1. The second-order valence-electron chi connectivity index (χ2n) is 9.02. The van der Waals surface area contributed by atoms with Gasteiger partial charge in [-0.2, -0.15) is 0 Å². The number of fused-ring (bicyclic) bond motifs is 1. The summed E-state index contributed by atoms with van der Waals surface area (Å²) in [5.74, 6) is -0.741. The number of amides is 3. The van der Waals surface area contributed by atoms with Gasteiger partial charge in [0.05, 0.1) is 17.9 Å². The van der Waals surface area contributed by atoms with E-state index in [-0.39, 0.29) is 36.0 Å². The number of carboxylic acid groups (broad SMARTS) is 1. The van der Waals surface area contributed by atoms with Crippen molar-refractivity contribution in [3.63, 3.8) is 0 Å². The van der Waals surface area contributed by atoms with Crippen LogP contribution < -0.4 is 16.4 Å². The van der Waals surface area contributed by atoms with E-state index in [0.717, 1.165) is 18.4 Å². The van der Waals surface area contributed by atoms with Crippen LogP contribution in [-0.4, -0.2) is 57.0 Å². The predicted octanol–water partition coefficient (Wildman–Crippen LogP) is 2.63. The van der Waals surface area contributed by atoms with Crippen molar-refractivity contribution >= 4 is 23.7 Å². The molecule has 5 rings (SSSR count). The van der Waals surface area contributed by atoms with E-state index in [0.29, 0.717) is 29.8 Å². The highest BCUT2D eigenvalue weighted by Gasteiger charge is 2.28. The quantitative estimate of drug-likeness (QED) is 0.433. The van der Waals surface area contributed by atoms with Gasteiger partial charge in [0.15, 0.2) is 11.5 Å². The largest absolute Gasteiger partial charge is 0.465 e. The Kier molecular flexibility index (Phi) is 6.24. The van der Waals surface area contributed by atoms with Crippen molar-refractivity contribution in [2.75, 3.05) is 18.8 Å². The lowest BCUT2D eigenvalue weighted by Gasteiger charge is -2.15. The van der Waals surface area contributed by atoms with E-state index >= 15 is 0 Å². The van der Waals surface area contributed by atoms with Crippen molar-refractivity contribution in [2.24, 2.45) is 0 Å². The molecule has 2 heterocycles. The average Bonchev–Trinajstić information content (AvgIpc) is 3.52. The smallest absolute Gasteiger partial charge is 0.407 e. The Hall–Kier alpha value is -4.47. The highest BCUT2D eigenvalue weighted by molar-refractivity contribution is 5.98. The summed E-state index contributed by atoms with van der Waals surface area (Å²) in [4.78, 5) is 46.8. The molecule has 184 valence electrons. The van der Waals surface area contributed by atoms with Gasteiger partial charge >= 0.3 is 6.09 Å². The average molecular weight is 487 g/mol. The number of carbonyl (C=O) groups is 3. The van der Waals surface area contributed by atoms with Crippen LogP contribution in [0.2, 0.25) is 0 Å². The Labute approximate surface area is 207 Å². The molecule has 1 aliphatic heterocycles. The van der Waals surface area contributed by atoms with Crippen molar-refractivity contribution in [2.45, 2.75) is 31.3 Å². The van der Waals surface area contributed by atoms with Crippen molar-refractivity contribution in [3.8, 4) is 11.3 Å². The van der Waals surface area contributed by atoms with Crippen LogP contribution in [0.1, 0.15) is 50.9 Å². The third kappa shape index (κ3) is 4.70. The Morgan fingerprint density at radius 3 is 2.67 bits per heavy atom. The molecule has 3 aromatic rings. The van der Waals surface area contributed by atoms with E-state index in [1.54, 1.807) is 24.3 Å². The second kappa shape index (κ2) is 9.65. The molecule has 0 radical (unpaired) electrons. The first-order valence-corrected chi connectivity index (χ1v) is 11.8. The molecule has 0 bridgehead atoms. The van der Waals surface area contributed by atoms with Gasteiger partial charge < -0.3 is 26.4 Å². The summed E-state index contributed by atoms with van der Waals surface area (Å²) >= 11 is 0. The van der Waals surface area contributed by atoms with Crippen LogP contribution in [0.3, 0.4) is 0 Å². The monoisotopic (exact) mass is 486 g/mol. The number of rotatable bonds is 5. The Balaban J connectivity index is 1.31. The Morgan fingerprint density at radius 1 is 1.03 bits per heavy atom. The third-order valence-electron chi connectivity index (χ3n) is 6.67. The maximum absolute atomic E-state index is 13.0. The molecule has 1 fully saturated rings. The normalized spacial score (nSPS) is 18.5. The fourth-order valence-corrected chi connectivity index (χ4v) is 4.78. The van der Waals surface area contributed by atoms with E-state index in [9.17, 15) is 14.4 Å². The number of anilines is 1. The number of likely N-dealkylation sites (tertiary alicyclic amines) is 1. The van der Waals surface area contributed by atoms with E-state index < -0.39 is 12.0 Å². The number of nitrogens with one attached hydrogen (secondary N) is 2. The molecule has 0 saturated carbocycles. The van der Waals surface area contributed by atoms with E-state index in [1.807, 2.05) is 18.2 Å². The van der Waals surface area contributed by atoms with Gasteiger partial charge in [0.1, 0.15) is 0 Å². The topological polar surface area (TPSA) is 151 Å². The van der Waals surface area contributed by atoms with E-state index in [1.165, 1.54) is 16.7 Å². The first-order chi connectivity index (χ1) is 17.4. The summed E-state index contributed by atoms with van der Waals surface area (Å²) in [6, 6.07) is 14.7. The number of hydrogen-bond acceptors (Lipinski definition) is 6. The van der Waals surface area contributed by atoms with E-state index in [4.69, 9.17) is 10.8 Å². The number of nitrogens with zero attached hydrogens (tertiary/aromatic N) is 3. The fourth-order valence-electron chi connectivity index (χ4n) is 4.78. The van der Waals surface area contributed by atoms with E-state index in [2.05, 4.69) is 26.7 Å². The van der Waals surface area contributed by atoms with Gasteiger partial charge in [-0.15, -0.1) is 0 Å². The van der Waals surface area contributed by atoms with Crippen LogP contribution >= 0.6 is 0 Å².